The Balaban J connectivity index is 1.30. The van der Waals surface area contributed by atoms with Crippen LogP contribution in [0.1, 0.15) is 30.1 Å². The van der Waals surface area contributed by atoms with Crippen molar-refractivity contribution in [1.82, 2.24) is 9.80 Å². The second kappa shape index (κ2) is 8.17. The molecule has 0 radical (unpaired) electrons. The number of amides is 1. The van der Waals surface area contributed by atoms with Crippen molar-refractivity contribution >= 4 is 11.6 Å². The summed E-state index contributed by atoms with van der Waals surface area (Å²) in [6.45, 7) is 5.37. The third kappa shape index (κ3) is 3.77. The van der Waals surface area contributed by atoms with Crippen molar-refractivity contribution in [3.05, 3.63) is 65.7 Å². The number of hydrogen-bond acceptors (Lipinski definition) is 4. The van der Waals surface area contributed by atoms with Gasteiger partial charge in [0.05, 0.1) is 19.6 Å². The molecule has 0 aliphatic carbocycles. The highest BCUT2D eigenvalue weighted by atomic mass is 16.5. The average molecular weight is 392 g/mol. The number of carbonyl (C=O) groups is 1. The Morgan fingerprint density at radius 1 is 0.966 bits per heavy atom. The summed E-state index contributed by atoms with van der Waals surface area (Å²) in [6.07, 6.45) is 2.98. The van der Waals surface area contributed by atoms with Crippen LogP contribution in [-0.4, -0.2) is 61.1 Å². The highest BCUT2D eigenvalue weighted by Gasteiger charge is 2.44. The summed E-state index contributed by atoms with van der Waals surface area (Å²) in [5, 5.41) is 0. The van der Waals surface area contributed by atoms with Gasteiger partial charge in [0.15, 0.2) is 0 Å². The third-order valence-electron chi connectivity index (χ3n) is 6.53. The van der Waals surface area contributed by atoms with Crippen LogP contribution in [0.5, 0.6) is 0 Å². The summed E-state index contributed by atoms with van der Waals surface area (Å²) in [5.41, 5.74) is 3.53. The Morgan fingerprint density at radius 2 is 1.72 bits per heavy atom. The fourth-order valence-electron chi connectivity index (χ4n) is 5.04. The molecule has 29 heavy (non-hydrogen) atoms. The van der Waals surface area contributed by atoms with Gasteiger partial charge < -0.3 is 14.5 Å². The quantitative estimate of drug-likeness (QED) is 0.803. The van der Waals surface area contributed by atoms with Gasteiger partial charge in [-0.05, 0) is 36.1 Å². The molecule has 0 N–H and O–H groups in total. The third-order valence-corrected chi connectivity index (χ3v) is 6.53. The lowest BCUT2D eigenvalue weighted by Gasteiger charge is -2.30. The zero-order chi connectivity index (χ0) is 19.6. The number of hydrogen-bond donors (Lipinski definition) is 0. The predicted molar refractivity (Wildman–Crippen MR) is 114 cm³/mol. The monoisotopic (exact) mass is 391 g/mol. The molecule has 5 rings (SSSR count). The van der Waals surface area contributed by atoms with Crippen molar-refractivity contribution in [3.63, 3.8) is 0 Å². The van der Waals surface area contributed by atoms with Crippen molar-refractivity contribution in [2.45, 2.75) is 31.5 Å². The number of anilines is 1. The van der Waals surface area contributed by atoms with Crippen LogP contribution in [0.2, 0.25) is 0 Å². The Morgan fingerprint density at radius 3 is 2.48 bits per heavy atom. The summed E-state index contributed by atoms with van der Waals surface area (Å²) in [5.74, 6) is 0.229. The van der Waals surface area contributed by atoms with Crippen molar-refractivity contribution in [1.29, 1.82) is 0 Å². The van der Waals surface area contributed by atoms with Crippen LogP contribution in [-0.2, 0) is 16.0 Å². The van der Waals surface area contributed by atoms with E-state index < -0.39 is 0 Å². The molecule has 0 spiro atoms. The molecule has 2 atom stereocenters. The zero-order valence-corrected chi connectivity index (χ0v) is 16.9. The van der Waals surface area contributed by atoms with Crippen LogP contribution < -0.4 is 4.90 Å². The number of carbonyl (C=O) groups excluding carboxylic acids is 1. The van der Waals surface area contributed by atoms with E-state index >= 15 is 0 Å². The Labute approximate surface area is 172 Å². The first kappa shape index (κ1) is 18.6. The van der Waals surface area contributed by atoms with E-state index in [0.29, 0.717) is 12.5 Å². The first-order valence-electron chi connectivity index (χ1n) is 10.8. The first-order chi connectivity index (χ1) is 14.3. The molecule has 0 saturated carbocycles. The maximum atomic E-state index is 13.3. The molecule has 5 heteroatoms. The van der Waals surface area contributed by atoms with E-state index in [1.165, 1.54) is 24.1 Å². The molecule has 3 aliphatic heterocycles. The minimum Gasteiger partial charge on any atom is -0.378 e. The SMILES string of the molecule is O=C(Cc1ccc(N2CCOCC2)cc1)N1CC2CCCN2C1c1ccccc1. The topological polar surface area (TPSA) is 36.0 Å². The van der Waals surface area contributed by atoms with Crippen LogP contribution in [0, 0.1) is 0 Å². The number of nitrogens with zero attached hydrogens (tertiary/aromatic N) is 3. The molecule has 3 saturated heterocycles. The van der Waals surface area contributed by atoms with Gasteiger partial charge in [-0.2, -0.15) is 0 Å². The maximum Gasteiger partial charge on any atom is 0.228 e. The van der Waals surface area contributed by atoms with Crippen molar-refractivity contribution < 1.29 is 9.53 Å². The lowest BCUT2D eigenvalue weighted by molar-refractivity contribution is -0.133. The van der Waals surface area contributed by atoms with Crippen molar-refractivity contribution in [3.8, 4) is 0 Å². The van der Waals surface area contributed by atoms with E-state index in [1.807, 2.05) is 6.07 Å². The fraction of sp³-hybridized carbons (Fsp3) is 0.458. The smallest absolute Gasteiger partial charge is 0.228 e. The molecule has 3 aliphatic rings. The second-order valence-corrected chi connectivity index (χ2v) is 8.31. The lowest BCUT2D eigenvalue weighted by Crippen LogP contribution is -2.36. The van der Waals surface area contributed by atoms with E-state index in [-0.39, 0.29) is 12.1 Å². The normalized spacial score (nSPS) is 24.7. The summed E-state index contributed by atoms with van der Waals surface area (Å²) >= 11 is 0. The van der Waals surface area contributed by atoms with Gasteiger partial charge in [-0.25, -0.2) is 0 Å². The molecule has 3 heterocycles. The van der Waals surface area contributed by atoms with E-state index in [9.17, 15) is 4.79 Å². The predicted octanol–water partition coefficient (Wildman–Crippen LogP) is 3.07. The second-order valence-electron chi connectivity index (χ2n) is 8.31. The Hall–Kier alpha value is -2.37. The standard InChI is InChI=1S/C24H29N3O2/c28-23(17-19-8-10-21(11-9-19)25-13-15-29-16-14-25)27-18-22-7-4-12-26(22)24(27)20-5-2-1-3-6-20/h1-3,5-6,8-11,22,24H,4,7,12-18H2. The van der Waals surface area contributed by atoms with Gasteiger partial charge >= 0.3 is 0 Å². The molecule has 2 aromatic carbocycles. The molecule has 1 amide bonds. The summed E-state index contributed by atoms with van der Waals surface area (Å²) in [4.78, 5) is 20.3. The molecule has 0 bridgehead atoms. The van der Waals surface area contributed by atoms with E-state index in [4.69, 9.17) is 4.74 Å². The number of morpholine rings is 1. The van der Waals surface area contributed by atoms with Gasteiger partial charge in [0, 0.05) is 37.9 Å². The van der Waals surface area contributed by atoms with E-state index in [1.54, 1.807) is 0 Å². The zero-order valence-electron chi connectivity index (χ0n) is 16.9. The van der Waals surface area contributed by atoms with Gasteiger partial charge in [-0.15, -0.1) is 0 Å². The first-order valence-corrected chi connectivity index (χ1v) is 10.8. The van der Waals surface area contributed by atoms with Crippen LogP contribution in [0.15, 0.2) is 54.6 Å². The molecule has 0 aromatic heterocycles. The highest BCUT2D eigenvalue weighted by Crippen LogP contribution is 2.39. The highest BCUT2D eigenvalue weighted by molar-refractivity contribution is 5.80. The summed E-state index contributed by atoms with van der Waals surface area (Å²) in [7, 11) is 0. The van der Waals surface area contributed by atoms with Gasteiger partial charge in [0.1, 0.15) is 6.17 Å². The largest absolute Gasteiger partial charge is 0.378 e. The summed E-state index contributed by atoms with van der Waals surface area (Å²) in [6, 6.07) is 19.5. The molecular formula is C24H29N3O2. The number of benzene rings is 2. The van der Waals surface area contributed by atoms with Gasteiger partial charge in [0.2, 0.25) is 5.91 Å². The van der Waals surface area contributed by atoms with Crippen LogP contribution in [0.4, 0.5) is 5.69 Å². The van der Waals surface area contributed by atoms with Crippen molar-refractivity contribution in [2.24, 2.45) is 0 Å². The number of fused-ring (bicyclic) bond motifs is 1. The van der Waals surface area contributed by atoms with E-state index in [2.05, 4.69) is 63.2 Å². The molecule has 3 fully saturated rings. The minimum absolute atomic E-state index is 0.0869. The minimum atomic E-state index is 0.0869. The number of rotatable bonds is 4. The van der Waals surface area contributed by atoms with Crippen LogP contribution >= 0.6 is 0 Å². The molecule has 5 nitrogen and oxygen atoms in total. The molecule has 2 unspecified atom stereocenters. The fourth-order valence-corrected chi connectivity index (χ4v) is 5.04. The molecular weight excluding hydrogens is 362 g/mol. The summed E-state index contributed by atoms with van der Waals surface area (Å²) < 4.78 is 5.44. The van der Waals surface area contributed by atoms with Crippen LogP contribution in [0.25, 0.3) is 0 Å². The van der Waals surface area contributed by atoms with Crippen molar-refractivity contribution in [2.75, 3.05) is 44.3 Å². The number of ether oxygens (including phenoxy) is 1. The van der Waals surface area contributed by atoms with Gasteiger partial charge in [-0.1, -0.05) is 42.5 Å². The van der Waals surface area contributed by atoms with Gasteiger partial charge in [0.25, 0.3) is 0 Å². The lowest BCUT2D eigenvalue weighted by atomic mass is 10.1. The van der Waals surface area contributed by atoms with E-state index in [0.717, 1.165) is 45.0 Å². The Bertz CT molecular complexity index is 833. The van der Waals surface area contributed by atoms with Gasteiger partial charge in [-0.3, -0.25) is 9.69 Å². The molecule has 2 aromatic rings. The average Bonchev–Trinajstić information content (AvgIpc) is 3.37. The maximum absolute atomic E-state index is 13.3. The Kier molecular flexibility index (Phi) is 5.25. The molecule has 152 valence electrons. The van der Waals surface area contributed by atoms with Crippen LogP contribution in [0.3, 0.4) is 0 Å².